The van der Waals surface area contributed by atoms with E-state index in [9.17, 15) is 4.79 Å². The van der Waals surface area contributed by atoms with Gasteiger partial charge in [0.2, 0.25) is 0 Å². The van der Waals surface area contributed by atoms with Crippen molar-refractivity contribution in [3.8, 4) is 11.1 Å². The van der Waals surface area contributed by atoms with Gasteiger partial charge in [0, 0.05) is 27.7 Å². The molecular weight excluding hydrogens is 372 g/mol. The highest BCUT2D eigenvalue weighted by Crippen LogP contribution is 2.35. The molecule has 3 aromatic carbocycles. The highest BCUT2D eigenvalue weighted by Gasteiger charge is 2.19. The molecule has 4 nitrogen and oxygen atoms in total. The van der Waals surface area contributed by atoms with Gasteiger partial charge in [0.1, 0.15) is 0 Å². The van der Waals surface area contributed by atoms with Gasteiger partial charge in [0.15, 0.2) is 5.76 Å². The minimum atomic E-state index is -0.297. The van der Waals surface area contributed by atoms with Crippen molar-refractivity contribution in [1.29, 1.82) is 0 Å². The average molecular weight is 389 g/mol. The van der Waals surface area contributed by atoms with E-state index in [-0.39, 0.29) is 11.3 Å². The summed E-state index contributed by atoms with van der Waals surface area (Å²) in [5.41, 5.74) is 2.30. The number of hydrogen-bond donors (Lipinski definition) is 1. The Kier molecular flexibility index (Phi) is 4.72. The van der Waals surface area contributed by atoms with Crippen molar-refractivity contribution in [2.45, 2.75) is 6.92 Å². The van der Waals surface area contributed by atoms with E-state index in [0.29, 0.717) is 21.7 Å². The van der Waals surface area contributed by atoms with Crippen LogP contribution in [0.2, 0.25) is 5.02 Å². The molecule has 0 aliphatic rings. The van der Waals surface area contributed by atoms with Gasteiger partial charge in [0.25, 0.3) is 5.56 Å². The zero-order valence-electron chi connectivity index (χ0n) is 15.2. The van der Waals surface area contributed by atoms with E-state index >= 15 is 0 Å². The van der Waals surface area contributed by atoms with Crippen molar-refractivity contribution < 1.29 is 4.84 Å². The van der Waals surface area contributed by atoms with Gasteiger partial charge in [-0.05, 0) is 47.5 Å². The molecule has 5 heteroatoms. The molecule has 4 aromatic rings. The third kappa shape index (κ3) is 3.19. The number of aromatic amines is 1. The molecule has 0 aliphatic carbocycles. The Morgan fingerprint density at radius 2 is 1.89 bits per heavy atom. The Morgan fingerprint density at radius 1 is 1.11 bits per heavy atom. The molecule has 1 N–H and O–H groups in total. The molecular formula is C23H17ClN2O2. The van der Waals surface area contributed by atoms with Crippen LogP contribution in [-0.4, -0.2) is 11.2 Å². The number of aromatic nitrogens is 1. The molecule has 0 radical (unpaired) electrons. The fourth-order valence-corrected chi connectivity index (χ4v) is 3.51. The third-order valence-electron chi connectivity index (χ3n) is 4.56. The Labute approximate surface area is 166 Å². The number of pyridine rings is 1. The minimum absolute atomic E-state index is 0.171. The molecule has 1 heterocycles. The van der Waals surface area contributed by atoms with Crippen molar-refractivity contribution in [3.63, 3.8) is 0 Å². The van der Waals surface area contributed by atoms with Crippen LogP contribution in [0.25, 0.3) is 38.6 Å². The van der Waals surface area contributed by atoms with Crippen molar-refractivity contribution in [2.24, 2.45) is 5.16 Å². The summed E-state index contributed by atoms with van der Waals surface area (Å²) in [5.74, 6) is 0.171. The summed E-state index contributed by atoms with van der Waals surface area (Å²) in [5, 5.41) is 7.34. The van der Waals surface area contributed by atoms with Crippen LogP contribution in [0.15, 0.2) is 77.2 Å². The molecule has 0 saturated carbocycles. The average Bonchev–Trinajstić information content (AvgIpc) is 2.71. The lowest BCUT2D eigenvalue weighted by Gasteiger charge is -2.14. The number of rotatable bonds is 4. The first-order valence-corrected chi connectivity index (χ1v) is 9.15. The van der Waals surface area contributed by atoms with E-state index in [1.54, 1.807) is 19.1 Å². The van der Waals surface area contributed by atoms with Gasteiger partial charge < -0.3 is 9.82 Å². The summed E-state index contributed by atoms with van der Waals surface area (Å²) in [6, 6.07) is 19.5. The van der Waals surface area contributed by atoms with E-state index in [4.69, 9.17) is 16.4 Å². The first-order chi connectivity index (χ1) is 13.6. The molecule has 138 valence electrons. The summed E-state index contributed by atoms with van der Waals surface area (Å²) in [7, 11) is 0. The maximum absolute atomic E-state index is 12.9. The van der Waals surface area contributed by atoms with Crippen molar-refractivity contribution in [2.75, 3.05) is 0 Å². The summed E-state index contributed by atoms with van der Waals surface area (Å²) < 4.78 is 0. The summed E-state index contributed by atoms with van der Waals surface area (Å²) in [6.07, 6.45) is 1.49. The van der Waals surface area contributed by atoms with Crippen LogP contribution in [0.3, 0.4) is 0 Å². The number of nitrogens with one attached hydrogen (secondary N) is 1. The van der Waals surface area contributed by atoms with Gasteiger partial charge in [-0.3, -0.25) is 4.79 Å². The van der Waals surface area contributed by atoms with Crippen molar-refractivity contribution in [3.05, 3.63) is 88.2 Å². The Bertz CT molecular complexity index is 1310. The van der Waals surface area contributed by atoms with E-state index in [2.05, 4.69) is 16.7 Å². The SMILES string of the molecule is C=C(O/N=C/C)c1c(-c2ccc3ccccc3c2)c2cc(Cl)ccc2[nH]c1=O. The predicted molar refractivity (Wildman–Crippen MR) is 117 cm³/mol. The van der Waals surface area contributed by atoms with E-state index in [0.717, 1.165) is 21.7 Å². The topological polar surface area (TPSA) is 54.4 Å². The standard InChI is InChI=1S/C23H17ClN2O2/c1-3-25-28-14(2)21-22(17-9-8-15-6-4-5-7-16(15)12-17)19-13-18(24)10-11-20(19)26-23(21)27/h3-13H,2H2,1H3,(H,26,27)/b25-3+. The summed E-state index contributed by atoms with van der Waals surface area (Å²) in [4.78, 5) is 21.1. The number of hydrogen-bond acceptors (Lipinski definition) is 3. The zero-order valence-corrected chi connectivity index (χ0v) is 16.0. The summed E-state index contributed by atoms with van der Waals surface area (Å²) in [6.45, 7) is 5.64. The predicted octanol–water partition coefficient (Wildman–Crippen LogP) is 5.99. The van der Waals surface area contributed by atoms with Crippen LogP contribution in [0, 0.1) is 0 Å². The second-order valence-electron chi connectivity index (χ2n) is 6.33. The molecule has 4 rings (SSSR count). The van der Waals surface area contributed by atoms with Crippen LogP contribution < -0.4 is 5.56 Å². The first kappa shape index (κ1) is 18.0. The first-order valence-electron chi connectivity index (χ1n) is 8.77. The van der Waals surface area contributed by atoms with Crippen molar-refractivity contribution >= 4 is 45.3 Å². The molecule has 0 atom stereocenters. The number of benzene rings is 3. The van der Waals surface area contributed by atoms with E-state index in [1.807, 2.05) is 48.5 Å². The smallest absolute Gasteiger partial charge is 0.260 e. The second-order valence-corrected chi connectivity index (χ2v) is 6.77. The normalized spacial score (nSPS) is 11.4. The highest BCUT2D eigenvalue weighted by molar-refractivity contribution is 6.31. The fourth-order valence-electron chi connectivity index (χ4n) is 3.34. The number of fused-ring (bicyclic) bond motifs is 2. The lowest BCUT2D eigenvalue weighted by molar-refractivity contribution is 0.301. The van der Waals surface area contributed by atoms with Crippen LogP contribution in [-0.2, 0) is 4.84 Å². The van der Waals surface area contributed by atoms with Crippen LogP contribution in [0.4, 0.5) is 0 Å². The van der Waals surface area contributed by atoms with Crippen LogP contribution >= 0.6 is 11.6 Å². The van der Waals surface area contributed by atoms with Crippen LogP contribution in [0.5, 0.6) is 0 Å². The quantitative estimate of drug-likeness (QED) is 0.265. The molecule has 1 aromatic heterocycles. The molecule has 0 spiro atoms. The third-order valence-corrected chi connectivity index (χ3v) is 4.80. The Hall–Kier alpha value is -3.37. The van der Waals surface area contributed by atoms with Gasteiger partial charge in [-0.1, -0.05) is 59.7 Å². The molecule has 0 fully saturated rings. The largest absolute Gasteiger partial charge is 0.357 e. The lowest BCUT2D eigenvalue weighted by atomic mass is 9.94. The van der Waals surface area contributed by atoms with Gasteiger partial charge in [-0.2, -0.15) is 0 Å². The van der Waals surface area contributed by atoms with Gasteiger partial charge in [-0.15, -0.1) is 0 Å². The minimum Gasteiger partial charge on any atom is -0.357 e. The van der Waals surface area contributed by atoms with Gasteiger partial charge >= 0.3 is 0 Å². The van der Waals surface area contributed by atoms with E-state index in [1.165, 1.54) is 6.21 Å². The Balaban J connectivity index is 2.09. The maximum Gasteiger partial charge on any atom is 0.260 e. The van der Waals surface area contributed by atoms with Gasteiger partial charge in [-0.25, -0.2) is 0 Å². The molecule has 0 saturated heterocycles. The summed E-state index contributed by atoms with van der Waals surface area (Å²) >= 11 is 6.26. The number of oxime groups is 1. The lowest BCUT2D eigenvalue weighted by Crippen LogP contribution is -2.14. The molecule has 28 heavy (non-hydrogen) atoms. The number of H-pyrrole nitrogens is 1. The Morgan fingerprint density at radius 3 is 2.68 bits per heavy atom. The van der Waals surface area contributed by atoms with Crippen LogP contribution in [0.1, 0.15) is 12.5 Å². The number of nitrogens with zero attached hydrogens (tertiary/aromatic N) is 1. The van der Waals surface area contributed by atoms with Crippen molar-refractivity contribution in [1.82, 2.24) is 4.98 Å². The fraction of sp³-hybridized carbons (Fsp3) is 0.0435. The number of halogens is 1. The molecule has 0 bridgehead atoms. The zero-order chi connectivity index (χ0) is 19.7. The highest BCUT2D eigenvalue weighted by atomic mass is 35.5. The van der Waals surface area contributed by atoms with Gasteiger partial charge in [0.05, 0.1) is 5.56 Å². The van der Waals surface area contributed by atoms with E-state index < -0.39 is 0 Å². The maximum atomic E-state index is 12.9. The molecule has 0 aliphatic heterocycles. The molecule has 0 amide bonds. The monoisotopic (exact) mass is 388 g/mol. The second kappa shape index (κ2) is 7.33. The molecule has 0 unspecified atom stereocenters.